The molecule has 1 saturated heterocycles. The largest absolute Gasteiger partial charge is 0.394 e. The standard InChI is InChI=1S/C14H21N3O2/c1-11-4-5-12(9-16-11)6-7-15-14(19)17-8-2-3-13(17)10-18/h4-5,9,13,18H,2-3,6-8,10H2,1H3,(H,15,19). The number of aryl methyl sites for hydroxylation is 1. The molecule has 5 nitrogen and oxygen atoms in total. The molecule has 2 amide bonds. The molecule has 19 heavy (non-hydrogen) atoms. The Morgan fingerprint density at radius 3 is 3.11 bits per heavy atom. The molecular formula is C14H21N3O2. The van der Waals surface area contributed by atoms with Crippen molar-refractivity contribution in [2.24, 2.45) is 0 Å². The molecule has 1 aromatic heterocycles. The topological polar surface area (TPSA) is 65.5 Å². The molecule has 0 bridgehead atoms. The molecule has 104 valence electrons. The van der Waals surface area contributed by atoms with E-state index in [2.05, 4.69) is 10.3 Å². The second-order valence-corrected chi connectivity index (χ2v) is 4.96. The maximum atomic E-state index is 11.9. The van der Waals surface area contributed by atoms with E-state index in [-0.39, 0.29) is 18.7 Å². The van der Waals surface area contributed by atoms with Gasteiger partial charge in [-0.25, -0.2) is 4.79 Å². The maximum Gasteiger partial charge on any atom is 0.317 e. The molecule has 1 unspecified atom stereocenters. The number of likely N-dealkylation sites (tertiary alicyclic amines) is 1. The third-order valence-corrected chi connectivity index (χ3v) is 3.51. The van der Waals surface area contributed by atoms with E-state index in [4.69, 9.17) is 0 Å². The highest BCUT2D eigenvalue weighted by Gasteiger charge is 2.27. The minimum Gasteiger partial charge on any atom is -0.394 e. The zero-order chi connectivity index (χ0) is 13.7. The maximum absolute atomic E-state index is 11.9. The van der Waals surface area contributed by atoms with Crippen LogP contribution >= 0.6 is 0 Å². The fourth-order valence-electron chi connectivity index (χ4n) is 2.35. The molecule has 0 aromatic carbocycles. The molecule has 1 fully saturated rings. The van der Waals surface area contributed by atoms with Crippen LogP contribution in [0.15, 0.2) is 18.3 Å². The summed E-state index contributed by atoms with van der Waals surface area (Å²) in [6.07, 6.45) is 4.48. The molecule has 2 rings (SSSR count). The van der Waals surface area contributed by atoms with Crippen molar-refractivity contribution in [3.05, 3.63) is 29.6 Å². The van der Waals surface area contributed by atoms with E-state index in [0.717, 1.165) is 37.1 Å². The van der Waals surface area contributed by atoms with Crippen LogP contribution in [0.4, 0.5) is 4.79 Å². The molecule has 2 heterocycles. The Bertz CT molecular complexity index is 419. The Kier molecular flexibility index (Phi) is 4.74. The molecule has 1 atom stereocenters. The third-order valence-electron chi connectivity index (χ3n) is 3.51. The van der Waals surface area contributed by atoms with Crippen LogP contribution in [-0.2, 0) is 6.42 Å². The zero-order valence-corrected chi connectivity index (χ0v) is 11.3. The van der Waals surface area contributed by atoms with Gasteiger partial charge in [-0.05, 0) is 37.8 Å². The Morgan fingerprint density at radius 2 is 2.42 bits per heavy atom. The van der Waals surface area contributed by atoms with Gasteiger partial charge in [0.25, 0.3) is 0 Å². The third kappa shape index (κ3) is 3.67. The van der Waals surface area contributed by atoms with E-state index in [1.165, 1.54) is 0 Å². The van der Waals surface area contributed by atoms with Gasteiger partial charge in [0.1, 0.15) is 0 Å². The average Bonchev–Trinajstić information content (AvgIpc) is 2.89. The van der Waals surface area contributed by atoms with E-state index in [9.17, 15) is 9.90 Å². The number of nitrogens with zero attached hydrogens (tertiary/aromatic N) is 2. The summed E-state index contributed by atoms with van der Waals surface area (Å²) in [5, 5.41) is 12.1. The first kappa shape index (κ1) is 13.8. The molecule has 2 N–H and O–H groups in total. The molecule has 5 heteroatoms. The van der Waals surface area contributed by atoms with Gasteiger partial charge in [-0.3, -0.25) is 4.98 Å². The van der Waals surface area contributed by atoms with Crippen LogP contribution in [0.2, 0.25) is 0 Å². The van der Waals surface area contributed by atoms with Gasteiger partial charge in [-0.2, -0.15) is 0 Å². The number of carbonyl (C=O) groups is 1. The van der Waals surface area contributed by atoms with E-state index in [0.29, 0.717) is 6.54 Å². The number of nitrogens with one attached hydrogen (secondary N) is 1. The van der Waals surface area contributed by atoms with Crippen molar-refractivity contribution in [2.45, 2.75) is 32.2 Å². The minimum atomic E-state index is -0.0726. The van der Waals surface area contributed by atoms with Crippen molar-refractivity contribution >= 4 is 6.03 Å². The molecule has 0 aliphatic carbocycles. The molecule has 1 aliphatic heterocycles. The number of hydrogen-bond donors (Lipinski definition) is 2. The summed E-state index contributed by atoms with van der Waals surface area (Å²) in [4.78, 5) is 17.9. The number of aromatic nitrogens is 1. The summed E-state index contributed by atoms with van der Waals surface area (Å²) in [6, 6.07) is 3.91. The lowest BCUT2D eigenvalue weighted by Gasteiger charge is -2.23. The number of pyridine rings is 1. The fraction of sp³-hybridized carbons (Fsp3) is 0.571. The molecule has 1 aromatic rings. The van der Waals surface area contributed by atoms with Gasteiger partial charge in [0.15, 0.2) is 0 Å². The molecule has 0 radical (unpaired) electrons. The predicted octanol–water partition coefficient (Wildman–Crippen LogP) is 1.10. The number of urea groups is 1. The van der Waals surface area contributed by atoms with Crippen LogP contribution in [0.5, 0.6) is 0 Å². The number of rotatable bonds is 4. The first-order valence-corrected chi connectivity index (χ1v) is 6.77. The number of amides is 2. The van der Waals surface area contributed by atoms with Crippen molar-refractivity contribution in [1.29, 1.82) is 0 Å². The molecule has 0 saturated carbocycles. The Labute approximate surface area is 113 Å². The number of carbonyl (C=O) groups excluding carboxylic acids is 1. The van der Waals surface area contributed by atoms with Crippen LogP contribution in [0.25, 0.3) is 0 Å². The second-order valence-electron chi connectivity index (χ2n) is 4.96. The highest BCUT2D eigenvalue weighted by Crippen LogP contribution is 2.16. The Balaban J connectivity index is 1.76. The average molecular weight is 263 g/mol. The van der Waals surface area contributed by atoms with E-state index in [1.807, 2.05) is 25.3 Å². The quantitative estimate of drug-likeness (QED) is 0.855. The normalized spacial score (nSPS) is 18.6. The van der Waals surface area contributed by atoms with Gasteiger partial charge in [-0.15, -0.1) is 0 Å². The first-order valence-electron chi connectivity index (χ1n) is 6.77. The van der Waals surface area contributed by atoms with Crippen LogP contribution < -0.4 is 5.32 Å². The molecule has 1 aliphatic rings. The van der Waals surface area contributed by atoms with E-state index in [1.54, 1.807) is 4.90 Å². The van der Waals surface area contributed by atoms with Gasteiger partial charge in [-0.1, -0.05) is 6.07 Å². The number of aliphatic hydroxyl groups is 1. The van der Waals surface area contributed by atoms with Gasteiger partial charge >= 0.3 is 6.03 Å². The van der Waals surface area contributed by atoms with Crippen LogP contribution in [0, 0.1) is 6.92 Å². The van der Waals surface area contributed by atoms with Crippen LogP contribution in [0.1, 0.15) is 24.1 Å². The van der Waals surface area contributed by atoms with Crippen molar-refractivity contribution in [3.8, 4) is 0 Å². The Hall–Kier alpha value is -1.62. The predicted molar refractivity (Wildman–Crippen MR) is 72.9 cm³/mol. The van der Waals surface area contributed by atoms with Crippen molar-refractivity contribution in [2.75, 3.05) is 19.7 Å². The Morgan fingerprint density at radius 1 is 1.58 bits per heavy atom. The summed E-state index contributed by atoms with van der Waals surface area (Å²) in [6.45, 7) is 3.34. The number of hydrogen-bond acceptors (Lipinski definition) is 3. The van der Waals surface area contributed by atoms with Crippen LogP contribution in [0.3, 0.4) is 0 Å². The minimum absolute atomic E-state index is 0.0129. The number of aliphatic hydroxyl groups excluding tert-OH is 1. The fourth-order valence-corrected chi connectivity index (χ4v) is 2.35. The smallest absolute Gasteiger partial charge is 0.317 e. The summed E-state index contributed by atoms with van der Waals surface area (Å²) >= 11 is 0. The second kappa shape index (κ2) is 6.52. The SMILES string of the molecule is Cc1ccc(CCNC(=O)N2CCCC2CO)cn1. The lowest BCUT2D eigenvalue weighted by molar-refractivity contribution is 0.157. The monoisotopic (exact) mass is 263 g/mol. The lowest BCUT2D eigenvalue weighted by Crippen LogP contribution is -2.44. The van der Waals surface area contributed by atoms with Crippen molar-refractivity contribution in [3.63, 3.8) is 0 Å². The highest BCUT2D eigenvalue weighted by atomic mass is 16.3. The summed E-state index contributed by atoms with van der Waals surface area (Å²) in [5.74, 6) is 0. The summed E-state index contributed by atoms with van der Waals surface area (Å²) in [7, 11) is 0. The van der Waals surface area contributed by atoms with Crippen LogP contribution in [-0.4, -0.2) is 46.8 Å². The van der Waals surface area contributed by atoms with Gasteiger partial charge < -0.3 is 15.3 Å². The van der Waals surface area contributed by atoms with E-state index >= 15 is 0 Å². The van der Waals surface area contributed by atoms with Crippen molar-refractivity contribution < 1.29 is 9.90 Å². The van der Waals surface area contributed by atoms with Crippen molar-refractivity contribution in [1.82, 2.24) is 15.2 Å². The summed E-state index contributed by atoms with van der Waals surface area (Å²) in [5.41, 5.74) is 2.11. The summed E-state index contributed by atoms with van der Waals surface area (Å²) < 4.78 is 0. The lowest BCUT2D eigenvalue weighted by atomic mass is 10.2. The zero-order valence-electron chi connectivity index (χ0n) is 11.3. The first-order chi connectivity index (χ1) is 9.20. The molecular weight excluding hydrogens is 242 g/mol. The van der Waals surface area contributed by atoms with Gasteiger partial charge in [0.05, 0.1) is 12.6 Å². The highest BCUT2D eigenvalue weighted by molar-refractivity contribution is 5.74. The van der Waals surface area contributed by atoms with Gasteiger partial charge in [0, 0.05) is 25.0 Å². The van der Waals surface area contributed by atoms with Gasteiger partial charge in [0.2, 0.25) is 0 Å². The molecule has 0 spiro atoms. The van der Waals surface area contributed by atoms with E-state index < -0.39 is 0 Å².